The minimum atomic E-state index is -1.05. The van der Waals surface area contributed by atoms with E-state index in [9.17, 15) is 4.39 Å². The Morgan fingerprint density at radius 3 is 3.22 bits per heavy atom. The summed E-state index contributed by atoms with van der Waals surface area (Å²) in [5, 5.41) is 3.07. The highest BCUT2D eigenvalue weighted by molar-refractivity contribution is 4.87. The molecule has 0 amide bonds. The van der Waals surface area contributed by atoms with Crippen molar-refractivity contribution in [3.63, 3.8) is 0 Å². The van der Waals surface area contributed by atoms with Crippen LogP contribution in [-0.2, 0) is 4.74 Å². The average Bonchev–Trinajstić information content (AvgIpc) is 2.25. The second kappa shape index (κ2) is 1.92. The molecule has 0 aromatic rings. The van der Waals surface area contributed by atoms with Gasteiger partial charge in [0.15, 0.2) is 0 Å². The molecule has 9 heavy (non-hydrogen) atoms. The Morgan fingerprint density at radius 2 is 2.44 bits per heavy atom. The summed E-state index contributed by atoms with van der Waals surface area (Å²) < 4.78 is 17.4. The van der Waals surface area contributed by atoms with Gasteiger partial charge in [-0.25, -0.2) is 4.39 Å². The second-order valence-corrected chi connectivity index (χ2v) is 2.80. The standard InChI is InChI=1S/C6H10FNO/c7-6-5-1-4(2-8-5)3-9-6/h4-6,8H,1-3H2. The largest absolute Gasteiger partial charge is 0.347 e. The van der Waals surface area contributed by atoms with Crippen LogP contribution >= 0.6 is 0 Å². The van der Waals surface area contributed by atoms with Crippen molar-refractivity contribution in [2.24, 2.45) is 5.92 Å². The third-order valence-corrected chi connectivity index (χ3v) is 2.06. The van der Waals surface area contributed by atoms with Gasteiger partial charge in [0, 0.05) is 6.54 Å². The lowest BCUT2D eigenvalue weighted by Crippen LogP contribution is -2.34. The topological polar surface area (TPSA) is 21.3 Å². The van der Waals surface area contributed by atoms with E-state index in [4.69, 9.17) is 4.74 Å². The molecule has 2 saturated heterocycles. The smallest absolute Gasteiger partial charge is 0.214 e. The number of ether oxygens (including phenoxy) is 1. The molecule has 2 nitrogen and oxygen atoms in total. The Kier molecular flexibility index (Phi) is 1.20. The van der Waals surface area contributed by atoms with E-state index in [1.54, 1.807) is 0 Å². The first-order valence-electron chi connectivity index (χ1n) is 3.35. The van der Waals surface area contributed by atoms with Gasteiger partial charge in [0.25, 0.3) is 0 Å². The van der Waals surface area contributed by atoms with E-state index < -0.39 is 6.36 Å². The molecule has 2 rings (SSSR count). The average molecular weight is 131 g/mol. The summed E-state index contributed by atoms with van der Waals surface area (Å²) in [6.07, 6.45) is -0.0926. The number of hydrogen-bond acceptors (Lipinski definition) is 2. The fraction of sp³-hybridized carbons (Fsp3) is 1.00. The molecule has 2 heterocycles. The molecule has 0 spiro atoms. The van der Waals surface area contributed by atoms with Gasteiger partial charge in [0.1, 0.15) is 0 Å². The summed E-state index contributed by atoms with van der Waals surface area (Å²) in [5.41, 5.74) is 0. The van der Waals surface area contributed by atoms with Gasteiger partial charge < -0.3 is 10.1 Å². The van der Waals surface area contributed by atoms with Crippen molar-refractivity contribution in [1.29, 1.82) is 0 Å². The third-order valence-electron chi connectivity index (χ3n) is 2.06. The van der Waals surface area contributed by atoms with Crippen LogP contribution in [0.4, 0.5) is 4.39 Å². The molecule has 0 radical (unpaired) electrons. The van der Waals surface area contributed by atoms with Crippen molar-refractivity contribution in [3.8, 4) is 0 Å². The van der Waals surface area contributed by atoms with Crippen molar-refractivity contribution in [1.82, 2.24) is 5.32 Å². The normalized spacial score (nSPS) is 49.7. The van der Waals surface area contributed by atoms with Gasteiger partial charge >= 0.3 is 0 Å². The molecule has 0 aliphatic carbocycles. The lowest BCUT2D eigenvalue weighted by Gasteiger charge is -2.21. The summed E-state index contributed by atoms with van der Waals surface area (Å²) in [6.45, 7) is 1.54. The number of halogens is 1. The van der Waals surface area contributed by atoms with Crippen LogP contribution in [0.5, 0.6) is 0 Å². The van der Waals surface area contributed by atoms with Crippen LogP contribution in [0.3, 0.4) is 0 Å². The van der Waals surface area contributed by atoms with Crippen LogP contribution in [0.25, 0.3) is 0 Å². The van der Waals surface area contributed by atoms with Crippen molar-refractivity contribution >= 4 is 0 Å². The molecule has 2 fully saturated rings. The minimum Gasteiger partial charge on any atom is -0.347 e. The molecule has 0 aromatic heterocycles. The molecule has 1 N–H and O–H groups in total. The molecule has 2 bridgehead atoms. The third kappa shape index (κ3) is 0.843. The van der Waals surface area contributed by atoms with Gasteiger partial charge in [0.2, 0.25) is 6.36 Å². The van der Waals surface area contributed by atoms with Gasteiger partial charge in [-0.3, -0.25) is 0 Å². The van der Waals surface area contributed by atoms with E-state index >= 15 is 0 Å². The Labute approximate surface area is 53.4 Å². The van der Waals surface area contributed by atoms with E-state index in [1.165, 1.54) is 0 Å². The first-order chi connectivity index (χ1) is 4.36. The Balaban J connectivity index is 2.05. The maximum Gasteiger partial charge on any atom is 0.214 e. The van der Waals surface area contributed by atoms with Crippen molar-refractivity contribution in [2.45, 2.75) is 18.8 Å². The number of fused-ring (bicyclic) bond motifs is 2. The quantitative estimate of drug-likeness (QED) is 0.510. The van der Waals surface area contributed by atoms with Crippen LogP contribution in [0.15, 0.2) is 0 Å². The molecular formula is C6H10FNO. The summed E-state index contributed by atoms with van der Waals surface area (Å²) in [7, 11) is 0. The molecule has 3 unspecified atom stereocenters. The summed E-state index contributed by atoms with van der Waals surface area (Å²) in [4.78, 5) is 0. The van der Waals surface area contributed by atoms with E-state index in [1.807, 2.05) is 0 Å². The maximum absolute atomic E-state index is 12.6. The number of nitrogens with one attached hydrogen (secondary N) is 1. The van der Waals surface area contributed by atoms with Crippen LogP contribution < -0.4 is 5.32 Å². The van der Waals surface area contributed by atoms with Crippen molar-refractivity contribution in [2.75, 3.05) is 13.2 Å². The van der Waals surface area contributed by atoms with Gasteiger partial charge in [-0.05, 0) is 12.3 Å². The van der Waals surface area contributed by atoms with Gasteiger partial charge in [0.05, 0.1) is 12.6 Å². The first-order valence-corrected chi connectivity index (χ1v) is 3.35. The monoisotopic (exact) mass is 131 g/mol. The van der Waals surface area contributed by atoms with Gasteiger partial charge in [-0.15, -0.1) is 0 Å². The molecule has 3 heteroatoms. The number of alkyl halides is 1. The van der Waals surface area contributed by atoms with Crippen LogP contribution in [0.1, 0.15) is 6.42 Å². The molecular weight excluding hydrogens is 121 g/mol. The molecule has 0 aromatic carbocycles. The zero-order valence-electron chi connectivity index (χ0n) is 5.14. The highest BCUT2D eigenvalue weighted by Crippen LogP contribution is 2.24. The Morgan fingerprint density at radius 1 is 1.56 bits per heavy atom. The van der Waals surface area contributed by atoms with Crippen molar-refractivity contribution < 1.29 is 9.13 Å². The van der Waals surface area contributed by atoms with Gasteiger partial charge in [-0.2, -0.15) is 0 Å². The highest BCUT2D eigenvalue weighted by Gasteiger charge is 2.36. The van der Waals surface area contributed by atoms with E-state index in [2.05, 4.69) is 5.32 Å². The van der Waals surface area contributed by atoms with Crippen molar-refractivity contribution in [3.05, 3.63) is 0 Å². The molecule has 3 atom stereocenters. The predicted octanol–water partition coefficient (Wildman–Crippen LogP) is 0.290. The lowest BCUT2D eigenvalue weighted by atomic mass is 10.0. The summed E-state index contributed by atoms with van der Waals surface area (Å²) in [6, 6.07) is -0.0104. The second-order valence-electron chi connectivity index (χ2n) is 2.80. The maximum atomic E-state index is 12.6. The summed E-state index contributed by atoms with van der Waals surface area (Å²) in [5.74, 6) is 0.571. The Bertz CT molecular complexity index is 120. The highest BCUT2D eigenvalue weighted by atomic mass is 19.1. The fourth-order valence-electron chi connectivity index (χ4n) is 1.51. The van der Waals surface area contributed by atoms with E-state index in [0.29, 0.717) is 12.5 Å². The van der Waals surface area contributed by atoms with Crippen LogP contribution in [-0.4, -0.2) is 25.6 Å². The zero-order chi connectivity index (χ0) is 6.27. The predicted molar refractivity (Wildman–Crippen MR) is 30.7 cm³/mol. The first kappa shape index (κ1) is 5.62. The van der Waals surface area contributed by atoms with Crippen LogP contribution in [0, 0.1) is 5.92 Å². The lowest BCUT2D eigenvalue weighted by molar-refractivity contribution is -0.0865. The summed E-state index contributed by atoms with van der Waals surface area (Å²) >= 11 is 0. The molecule has 2 aliphatic rings. The fourth-order valence-corrected chi connectivity index (χ4v) is 1.51. The Hall–Kier alpha value is -0.150. The molecule has 52 valence electrons. The van der Waals surface area contributed by atoms with Crippen LogP contribution in [0.2, 0.25) is 0 Å². The minimum absolute atomic E-state index is 0.0104. The van der Waals surface area contributed by atoms with E-state index in [-0.39, 0.29) is 6.04 Å². The number of hydrogen-bond donors (Lipinski definition) is 1. The molecule has 2 aliphatic heterocycles. The van der Waals surface area contributed by atoms with Gasteiger partial charge in [-0.1, -0.05) is 0 Å². The number of rotatable bonds is 0. The molecule has 0 saturated carbocycles. The zero-order valence-corrected chi connectivity index (χ0v) is 5.14. The SMILES string of the molecule is FC1OCC2CNC1C2. The van der Waals surface area contributed by atoms with E-state index in [0.717, 1.165) is 13.0 Å².